The van der Waals surface area contributed by atoms with Crippen LogP contribution in [0.1, 0.15) is 6.42 Å². The number of aliphatic hydroxyl groups excluding tert-OH is 1. The molecule has 3 heteroatoms. The summed E-state index contributed by atoms with van der Waals surface area (Å²) in [5, 5.41) is 9.17. The van der Waals surface area contributed by atoms with Crippen LogP contribution in [0.4, 0.5) is 0 Å². The molecule has 1 N–H and O–H groups in total. The maximum absolute atomic E-state index is 10.5. The zero-order chi connectivity index (χ0) is 7.56. The van der Waals surface area contributed by atoms with Crippen LogP contribution in [0.2, 0.25) is 0 Å². The minimum absolute atomic E-state index is 0.0855. The van der Waals surface area contributed by atoms with Gasteiger partial charge in [-0.05, 0) is 0 Å². The maximum atomic E-state index is 10.5. The summed E-state index contributed by atoms with van der Waals surface area (Å²) in [6.45, 7) is 3.78. The summed E-state index contributed by atoms with van der Waals surface area (Å²) in [4.78, 5) is 10.5. The first-order valence-electron chi connectivity index (χ1n) is 3.20. The second-order valence-electron chi connectivity index (χ2n) is 2.35. The van der Waals surface area contributed by atoms with E-state index in [2.05, 4.69) is 11.3 Å². The molecule has 1 aliphatic rings. The summed E-state index contributed by atoms with van der Waals surface area (Å²) >= 11 is 0. The SMILES string of the molecule is C=C[C@H]1COC(=O)C[C@H]1O. The number of cyclic esters (lactones) is 1. The van der Waals surface area contributed by atoms with E-state index in [1.165, 1.54) is 0 Å². The van der Waals surface area contributed by atoms with E-state index in [9.17, 15) is 4.79 Å². The molecule has 0 aromatic heterocycles. The van der Waals surface area contributed by atoms with Crippen LogP contribution in [-0.2, 0) is 9.53 Å². The third-order valence-corrected chi connectivity index (χ3v) is 1.61. The summed E-state index contributed by atoms with van der Waals surface area (Å²) in [6.07, 6.45) is 1.10. The number of rotatable bonds is 1. The van der Waals surface area contributed by atoms with Crippen LogP contribution in [0.15, 0.2) is 12.7 Å². The maximum Gasteiger partial charge on any atom is 0.308 e. The van der Waals surface area contributed by atoms with Gasteiger partial charge in [-0.2, -0.15) is 0 Å². The van der Waals surface area contributed by atoms with Crippen LogP contribution >= 0.6 is 0 Å². The molecule has 0 unspecified atom stereocenters. The number of ether oxygens (including phenoxy) is 1. The van der Waals surface area contributed by atoms with Crippen molar-refractivity contribution in [3.63, 3.8) is 0 Å². The molecular weight excluding hydrogens is 132 g/mol. The topological polar surface area (TPSA) is 46.5 Å². The molecule has 1 fully saturated rings. The third kappa shape index (κ3) is 1.36. The first-order chi connectivity index (χ1) is 4.74. The van der Waals surface area contributed by atoms with Crippen molar-refractivity contribution in [2.45, 2.75) is 12.5 Å². The number of hydrogen-bond acceptors (Lipinski definition) is 3. The Balaban J connectivity index is 2.50. The molecule has 1 rings (SSSR count). The van der Waals surface area contributed by atoms with Gasteiger partial charge in [0.1, 0.15) is 6.61 Å². The minimum Gasteiger partial charge on any atom is -0.465 e. The summed E-state index contributed by atoms with van der Waals surface area (Å²) in [6, 6.07) is 0. The smallest absolute Gasteiger partial charge is 0.308 e. The Kier molecular flexibility index (Phi) is 2.06. The molecule has 2 atom stereocenters. The van der Waals surface area contributed by atoms with Crippen molar-refractivity contribution < 1.29 is 14.6 Å². The second kappa shape index (κ2) is 2.84. The molecule has 0 aromatic carbocycles. The average Bonchev–Trinajstić information content (AvgIpc) is 1.88. The molecular formula is C7H10O3. The lowest BCUT2D eigenvalue weighted by atomic mass is 9.99. The van der Waals surface area contributed by atoms with Gasteiger partial charge >= 0.3 is 5.97 Å². The highest BCUT2D eigenvalue weighted by Crippen LogP contribution is 2.15. The number of carbonyl (C=O) groups excluding carboxylic acids is 1. The standard InChI is InChI=1S/C7H10O3/c1-2-5-4-10-7(9)3-6(5)8/h2,5-6,8H,1,3-4H2/t5-,6+/m0/s1. The van der Waals surface area contributed by atoms with Crippen molar-refractivity contribution in [2.24, 2.45) is 5.92 Å². The van der Waals surface area contributed by atoms with Gasteiger partial charge in [-0.15, -0.1) is 6.58 Å². The summed E-state index contributed by atoms with van der Waals surface area (Å²) in [7, 11) is 0. The van der Waals surface area contributed by atoms with Gasteiger partial charge in [0.2, 0.25) is 0 Å². The number of carbonyl (C=O) groups is 1. The fourth-order valence-electron chi connectivity index (χ4n) is 0.906. The van der Waals surface area contributed by atoms with Gasteiger partial charge in [0.25, 0.3) is 0 Å². The Bertz CT molecular complexity index is 153. The number of hydrogen-bond donors (Lipinski definition) is 1. The lowest BCUT2D eigenvalue weighted by molar-refractivity contribution is -0.154. The molecule has 0 bridgehead atoms. The molecule has 1 saturated heterocycles. The molecule has 10 heavy (non-hydrogen) atoms. The zero-order valence-electron chi connectivity index (χ0n) is 5.62. The molecule has 0 aromatic rings. The molecule has 0 radical (unpaired) electrons. The number of aliphatic hydroxyl groups is 1. The zero-order valence-corrected chi connectivity index (χ0v) is 5.62. The Morgan fingerprint density at radius 1 is 1.80 bits per heavy atom. The summed E-state index contributed by atoms with van der Waals surface area (Å²) in [5.74, 6) is -0.414. The van der Waals surface area contributed by atoms with Crippen molar-refractivity contribution in [2.75, 3.05) is 6.61 Å². The van der Waals surface area contributed by atoms with Gasteiger partial charge < -0.3 is 9.84 Å². The molecule has 0 aliphatic carbocycles. The molecule has 1 heterocycles. The van der Waals surface area contributed by atoms with E-state index < -0.39 is 6.10 Å². The molecule has 0 saturated carbocycles. The fourth-order valence-corrected chi connectivity index (χ4v) is 0.906. The predicted octanol–water partition coefficient (Wildman–Crippen LogP) is 0.0964. The van der Waals surface area contributed by atoms with E-state index in [0.717, 1.165) is 0 Å². The molecule has 56 valence electrons. The number of esters is 1. The summed E-state index contributed by atoms with van der Waals surface area (Å²) in [5.41, 5.74) is 0. The van der Waals surface area contributed by atoms with Gasteiger partial charge in [0.15, 0.2) is 0 Å². The molecule has 0 amide bonds. The molecule has 3 nitrogen and oxygen atoms in total. The predicted molar refractivity (Wildman–Crippen MR) is 35.3 cm³/mol. The summed E-state index contributed by atoms with van der Waals surface area (Å²) < 4.78 is 4.68. The highest BCUT2D eigenvalue weighted by molar-refractivity contribution is 5.70. The Morgan fingerprint density at radius 2 is 2.50 bits per heavy atom. The Hall–Kier alpha value is -0.830. The molecule has 1 aliphatic heterocycles. The van der Waals surface area contributed by atoms with Gasteiger partial charge in [0.05, 0.1) is 12.5 Å². The van der Waals surface area contributed by atoms with Crippen molar-refractivity contribution in [3.05, 3.63) is 12.7 Å². The lowest BCUT2D eigenvalue weighted by Gasteiger charge is -2.23. The minimum atomic E-state index is -0.598. The van der Waals surface area contributed by atoms with Crippen LogP contribution in [0.5, 0.6) is 0 Å². The lowest BCUT2D eigenvalue weighted by Crippen LogP contribution is -2.33. The van der Waals surface area contributed by atoms with Gasteiger partial charge in [-0.1, -0.05) is 6.08 Å². The van der Waals surface area contributed by atoms with Gasteiger partial charge in [0, 0.05) is 5.92 Å². The van der Waals surface area contributed by atoms with E-state index in [1.807, 2.05) is 0 Å². The highest BCUT2D eigenvalue weighted by atomic mass is 16.5. The highest BCUT2D eigenvalue weighted by Gasteiger charge is 2.26. The van der Waals surface area contributed by atoms with Gasteiger partial charge in [-0.25, -0.2) is 0 Å². The van der Waals surface area contributed by atoms with E-state index in [0.29, 0.717) is 0 Å². The Labute approximate surface area is 59.3 Å². The second-order valence-corrected chi connectivity index (χ2v) is 2.35. The average molecular weight is 142 g/mol. The van der Waals surface area contributed by atoms with Crippen molar-refractivity contribution >= 4 is 5.97 Å². The fraction of sp³-hybridized carbons (Fsp3) is 0.571. The molecule has 0 spiro atoms. The van der Waals surface area contributed by atoms with Gasteiger partial charge in [-0.3, -0.25) is 4.79 Å². The van der Waals surface area contributed by atoms with Crippen molar-refractivity contribution in [1.82, 2.24) is 0 Å². The van der Waals surface area contributed by atoms with Crippen LogP contribution in [0.25, 0.3) is 0 Å². The van der Waals surface area contributed by atoms with Crippen LogP contribution < -0.4 is 0 Å². The van der Waals surface area contributed by atoms with E-state index in [1.54, 1.807) is 6.08 Å². The largest absolute Gasteiger partial charge is 0.465 e. The van der Waals surface area contributed by atoms with Crippen LogP contribution in [0.3, 0.4) is 0 Å². The van der Waals surface area contributed by atoms with Crippen molar-refractivity contribution in [3.8, 4) is 0 Å². The first-order valence-corrected chi connectivity index (χ1v) is 3.20. The third-order valence-electron chi connectivity index (χ3n) is 1.61. The van der Waals surface area contributed by atoms with E-state index in [-0.39, 0.29) is 24.9 Å². The first kappa shape index (κ1) is 7.28. The van der Waals surface area contributed by atoms with E-state index in [4.69, 9.17) is 5.11 Å². The van der Waals surface area contributed by atoms with Crippen LogP contribution in [0, 0.1) is 5.92 Å². The normalized spacial score (nSPS) is 33.1. The monoisotopic (exact) mass is 142 g/mol. The Morgan fingerprint density at radius 3 is 3.00 bits per heavy atom. The van der Waals surface area contributed by atoms with E-state index >= 15 is 0 Å². The quantitative estimate of drug-likeness (QED) is 0.417. The van der Waals surface area contributed by atoms with Crippen LogP contribution in [-0.4, -0.2) is 23.8 Å². The van der Waals surface area contributed by atoms with Crippen molar-refractivity contribution in [1.29, 1.82) is 0 Å².